The van der Waals surface area contributed by atoms with E-state index in [1.807, 2.05) is 0 Å². The van der Waals surface area contributed by atoms with Crippen molar-refractivity contribution in [3.05, 3.63) is 75.6 Å². The second-order valence-electron chi connectivity index (χ2n) is 5.71. The second kappa shape index (κ2) is 8.70. The van der Waals surface area contributed by atoms with Crippen molar-refractivity contribution in [1.82, 2.24) is 5.32 Å². The van der Waals surface area contributed by atoms with Crippen LogP contribution in [-0.2, 0) is 22.4 Å². The van der Waals surface area contributed by atoms with E-state index in [0.29, 0.717) is 12.0 Å². The maximum absolute atomic E-state index is 12.8. The Morgan fingerprint density at radius 1 is 1.08 bits per heavy atom. The maximum atomic E-state index is 12.8. The molecule has 1 atom stereocenters. The predicted molar refractivity (Wildman–Crippen MR) is 91.1 cm³/mol. The number of hydrogen-bond donors (Lipinski definition) is 2. The summed E-state index contributed by atoms with van der Waals surface area (Å²) < 4.78 is 12.8. The number of carboxylic acid groups (broad SMARTS) is 1. The molecule has 8 heteroatoms. The first-order valence-electron chi connectivity index (χ1n) is 7.85. The molecule has 2 aromatic carbocycles. The summed E-state index contributed by atoms with van der Waals surface area (Å²) in [4.78, 5) is 33.4. The van der Waals surface area contributed by atoms with Gasteiger partial charge < -0.3 is 10.4 Å². The van der Waals surface area contributed by atoms with Crippen LogP contribution in [0.5, 0.6) is 0 Å². The molecule has 1 unspecified atom stereocenters. The lowest BCUT2D eigenvalue weighted by Crippen LogP contribution is -2.42. The van der Waals surface area contributed by atoms with Crippen LogP contribution in [0.1, 0.15) is 17.5 Å². The van der Waals surface area contributed by atoms with Crippen molar-refractivity contribution in [3.8, 4) is 0 Å². The molecule has 2 N–H and O–H groups in total. The van der Waals surface area contributed by atoms with E-state index in [2.05, 4.69) is 5.32 Å². The molecule has 0 spiro atoms. The van der Waals surface area contributed by atoms with E-state index >= 15 is 0 Å². The van der Waals surface area contributed by atoms with Crippen molar-refractivity contribution >= 4 is 17.6 Å². The van der Waals surface area contributed by atoms with Gasteiger partial charge in [-0.3, -0.25) is 14.9 Å². The Morgan fingerprint density at radius 2 is 1.65 bits per heavy atom. The van der Waals surface area contributed by atoms with Crippen LogP contribution in [0, 0.1) is 15.9 Å². The molecule has 0 radical (unpaired) electrons. The molecule has 0 aromatic heterocycles. The highest BCUT2D eigenvalue weighted by Crippen LogP contribution is 2.13. The number of carbonyl (C=O) groups excluding carboxylic acids is 1. The molecule has 7 nitrogen and oxygen atoms in total. The van der Waals surface area contributed by atoms with Crippen LogP contribution in [0.15, 0.2) is 48.5 Å². The summed E-state index contributed by atoms with van der Waals surface area (Å²) in [5.41, 5.74) is 1.23. The lowest BCUT2D eigenvalue weighted by atomic mass is 10.0. The Morgan fingerprint density at radius 3 is 2.19 bits per heavy atom. The number of hydrogen-bond acceptors (Lipinski definition) is 4. The molecule has 0 fully saturated rings. The number of non-ortho nitro benzene ring substituents is 1. The SMILES string of the molecule is O=C(CCc1ccc(F)cc1)NC(Cc1ccc([N+](=O)[O-])cc1)C(=O)O. The first kappa shape index (κ1) is 19.0. The van der Waals surface area contributed by atoms with Crippen LogP contribution in [0.4, 0.5) is 10.1 Å². The van der Waals surface area contributed by atoms with E-state index in [1.54, 1.807) is 12.1 Å². The highest BCUT2D eigenvalue weighted by atomic mass is 19.1. The monoisotopic (exact) mass is 360 g/mol. The summed E-state index contributed by atoms with van der Waals surface area (Å²) in [7, 11) is 0. The summed E-state index contributed by atoms with van der Waals surface area (Å²) in [6.45, 7) is 0. The number of aryl methyl sites for hydroxylation is 1. The van der Waals surface area contributed by atoms with Gasteiger partial charge in [-0.25, -0.2) is 9.18 Å². The van der Waals surface area contributed by atoms with E-state index in [0.717, 1.165) is 5.56 Å². The Kier molecular flexibility index (Phi) is 6.37. The first-order valence-corrected chi connectivity index (χ1v) is 7.85. The number of aliphatic carboxylic acids is 1. The Bertz CT molecular complexity index is 790. The quantitative estimate of drug-likeness (QED) is 0.555. The smallest absolute Gasteiger partial charge is 0.326 e. The molecule has 26 heavy (non-hydrogen) atoms. The summed E-state index contributed by atoms with van der Waals surface area (Å²) >= 11 is 0. The van der Waals surface area contributed by atoms with Crippen LogP contribution in [0.2, 0.25) is 0 Å². The minimum Gasteiger partial charge on any atom is -0.480 e. The highest BCUT2D eigenvalue weighted by Gasteiger charge is 2.20. The second-order valence-corrected chi connectivity index (χ2v) is 5.71. The van der Waals surface area contributed by atoms with Gasteiger partial charge in [0.15, 0.2) is 0 Å². The predicted octanol–water partition coefficient (Wildman–Crippen LogP) is 2.48. The zero-order chi connectivity index (χ0) is 19.1. The molecule has 136 valence electrons. The van der Waals surface area contributed by atoms with E-state index in [9.17, 15) is 29.2 Å². The minimum absolute atomic E-state index is 0.00954. The van der Waals surface area contributed by atoms with Crippen molar-refractivity contribution in [2.45, 2.75) is 25.3 Å². The number of halogens is 1. The van der Waals surface area contributed by atoms with Crippen molar-refractivity contribution in [1.29, 1.82) is 0 Å². The molecule has 0 bridgehead atoms. The van der Waals surface area contributed by atoms with Crippen LogP contribution in [-0.4, -0.2) is 27.9 Å². The molecular weight excluding hydrogens is 343 g/mol. The summed E-state index contributed by atoms with van der Waals surface area (Å²) in [6.07, 6.45) is 0.432. The fourth-order valence-electron chi connectivity index (χ4n) is 2.36. The Balaban J connectivity index is 1.92. The number of benzene rings is 2. The Hall–Kier alpha value is -3.29. The van der Waals surface area contributed by atoms with Crippen LogP contribution in [0.25, 0.3) is 0 Å². The average molecular weight is 360 g/mol. The molecule has 1 amide bonds. The third kappa shape index (κ3) is 5.66. The first-order chi connectivity index (χ1) is 12.3. The minimum atomic E-state index is -1.20. The lowest BCUT2D eigenvalue weighted by molar-refractivity contribution is -0.384. The van der Waals surface area contributed by atoms with Gasteiger partial charge in [0.1, 0.15) is 11.9 Å². The van der Waals surface area contributed by atoms with Gasteiger partial charge in [-0.05, 0) is 29.7 Å². The van der Waals surface area contributed by atoms with Crippen LogP contribution in [0.3, 0.4) is 0 Å². The topological polar surface area (TPSA) is 110 Å². The summed E-state index contributed by atoms with van der Waals surface area (Å²) in [6, 6.07) is 10.1. The van der Waals surface area contributed by atoms with Crippen molar-refractivity contribution in [3.63, 3.8) is 0 Å². The van der Waals surface area contributed by atoms with Gasteiger partial charge in [-0.15, -0.1) is 0 Å². The number of carbonyl (C=O) groups is 2. The number of nitrogens with one attached hydrogen (secondary N) is 1. The summed E-state index contributed by atoms with van der Waals surface area (Å²) in [5.74, 6) is -2.01. The van der Waals surface area contributed by atoms with E-state index in [1.165, 1.54) is 36.4 Å². The van der Waals surface area contributed by atoms with E-state index in [4.69, 9.17) is 0 Å². The van der Waals surface area contributed by atoms with Crippen LogP contribution >= 0.6 is 0 Å². The molecule has 2 rings (SSSR count). The fraction of sp³-hybridized carbons (Fsp3) is 0.222. The molecule has 0 aliphatic rings. The zero-order valence-corrected chi connectivity index (χ0v) is 13.7. The van der Waals surface area contributed by atoms with Crippen molar-refractivity contribution in [2.24, 2.45) is 0 Å². The van der Waals surface area contributed by atoms with Crippen molar-refractivity contribution in [2.75, 3.05) is 0 Å². The van der Waals surface area contributed by atoms with Gasteiger partial charge in [0.25, 0.3) is 5.69 Å². The third-order valence-corrected chi connectivity index (χ3v) is 3.77. The largest absolute Gasteiger partial charge is 0.480 e. The third-order valence-electron chi connectivity index (χ3n) is 3.77. The Labute approximate surface area is 148 Å². The maximum Gasteiger partial charge on any atom is 0.326 e. The highest BCUT2D eigenvalue weighted by molar-refractivity contribution is 5.83. The van der Waals surface area contributed by atoms with Gasteiger partial charge in [-0.1, -0.05) is 24.3 Å². The number of carboxylic acids is 1. The lowest BCUT2D eigenvalue weighted by Gasteiger charge is -2.14. The van der Waals surface area contributed by atoms with E-state index in [-0.39, 0.29) is 24.3 Å². The number of amides is 1. The number of nitro groups is 1. The van der Waals surface area contributed by atoms with Crippen LogP contribution < -0.4 is 5.32 Å². The van der Waals surface area contributed by atoms with Gasteiger partial charge >= 0.3 is 5.97 Å². The molecule has 0 aliphatic carbocycles. The molecular formula is C18H17FN2O5. The molecule has 2 aromatic rings. The van der Waals surface area contributed by atoms with E-state index < -0.39 is 22.8 Å². The van der Waals surface area contributed by atoms with Gasteiger partial charge in [0.05, 0.1) is 4.92 Å². The summed E-state index contributed by atoms with van der Waals surface area (Å²) in [5, 5.41) is 22.3. The van der Waals surface area contributed by atoms with Gasteiger partial charge in [-0.2, -0.15) is 0 Å². The normalized spacial score (nSPS) is 11.6. The molecule has 0 saturated heterocycles. The number of rotatable bonds is 8. The van der Waals surface area contributed by atoms with Crippen molar-refractivity contribution < 1.29 is 24.0 Å². The van der Waals surface area contributed by atoms with Gasteiger partial charge in [0, 0.05) is 25.0 Å². The van der Waals surface area contributed by atoms with Gasteiger partial charge in [0.2, 0.25) is 5.91 Å². The molecule has 0 saturated carbocycles. The number of nitrogens with zero attached hydrogens (tertiary/aromatic N) is 1. The molecule has 0 heterocycles. The fourth-order valence-corrected chi connectivity index (χ4v) is 2.36. The molecule has 0 aliphatic heterocycles. The zero-order valence-electron chi connectivity index (χ0n) is 13.7. The average Bonchev–Trinajstić information content (AvgIpc) is 2.61. The standard InChI is InChI=1S/C18H17FN2O5/c19-14-6-1-12(2-7-14)5-10-17(22)20-16(18(23)24)11-13-3-8-15(9-4-13)21(25)26/h1-4,6-9,16H,5,10-11H2,(H,20,22)(H,23,24). The number of nitro benzene ring substituents is 1.